The van der Waals surface area contributed by atoms with E-state index in [1.165, 1.54) is 27.8 Å². The maximum absolute atomic E-state index is 13.0. The van der Waals surface area contributed by atoms with Crippen molar-refractivity contribution in [2.45, 2.75) is 51.2 Å². The van der Waals surface area contributed by atoms with Gasteiger partial charge in [-0.2, -0.15) is 0 Å². The Hall–Kier alpha value is -2.10. The standard InChI is InChI=1S/C23H23ClN2O/c1-22(2)13-18(27)25-23(3,4)20-19(14-8-6-5-7-9-14)16-11-10-15(24)12-17(16)21(20)26(22)25/h5-12,21H,13H2,1-4H3. The Labute approximate surface area is 165 Å². The molecule has 2 fully saturated rings. The summed E-state index contributed by atoms with van der Waals surface area (Å²) in [6.45, 7) is 8.67. The zero-order valence-electron chi connectivity index (χ0n) is 16.1. The summed E-state index contributed by atoms with van der Waals surface area (Å²) in [5, 5.41) is 5.04. The van der Waals surface area contributed by atoms with Crippen molar-refractivity contribution in [3.05, 3.63) is 75.8 Å². The van der Waals surface area contributed by atoms with Crippen LogP contribution >= 0.6 is 11.6 Å². The summed E-state index contributed by atoms with van der Waals surface area (Å²) < 4.78 is 0. The molecule has 1 unspecified atom stereocenters. The lowest BCUT2D eigenvalue weighted by molar-refractivity contribution is -0.145. The Bertz CT molecular complexity index is 1010. The molecule has 0 aromatic heterocycles. The molecule has 0 saturated carbocycles. The van der Waals surface area contributed by atoms with Crippen molar-refractivity contribution >= 4 is 23.1 Å². The Balaban J connectivity index is 1.86. The third-order valence-corrected chi connectivity index (χ3v) is 6.51. The van der Waals surface area contributed by atoms with Crippen molar-refractivity contribution < 1.29 is 4.79 Å². The molecule has 1 atom stereocenters. The van der Waals surface area contributed by atoms with E-state index < -0.39 is 0 Å². The van der Waals surface area contributed by atoms with Crippen molar-refractivity contribution in [1.82, 2.24) is 10.0 Å². The van der Waals surface area contributed by atoms with Gasteiger partial charge in [0.1, 0.15) is 0 Å². The summed E-state index contributed by atoms with van der Waals surface area (Å²) in [6, 6.07) is 16.7. The molecule has 1 aliphatic carbocycles. The first-order chi connectivity index (χ1) is 12.7. The first-order valence-electron chi connectivity index (χ1n) is 9.46. The predicted molar refractivity (Wildman–Crippen MR) is 108 cm³/mol. The molecule has 2 aromatic rings. The second-order valence-electron chi connectivity index (χ2n) is 8.89. The van der Waals surface area contributed by atoms with Crippen molar-refractivity contribution in [1.29, 1.82) is 0 Å². The number of benzene rings is 2. The van der Waals surface area contributed by atoms with Gasteiger partial charge in [0.2, 0.25) is 5.91 Å². The molecule has 5 rings (SSSR count). The highest BCUT2D eigenvalue weighted by atomic mass is 35.5. The largest absolute Gasteiger partial charge is 0.273 e. The van der Waals surface area contributed by atoms with Crippen LogP contribution in [0.2, 0.25) is 5.02 Å². The minimum Gasteiger partial charge on any atom is -0.273 e. The number of hydrogen-bond acceptors (Lipinski definition) is 2. The van der Waals surface area contributed by atoms with Gasteiger partial charge in [0.25, 0.3) is 0 Å². The number of hydrogen-bond donors (Lipinski definition) is 0. The fourth-order valence-corrected chi connectivity index (χ4v) is 5.49. The van der Waals surface area contributed by atoms with Crippen molar-refractivity contribution in [3.8, 4) is 0 Å². The van der Waals surface area contributed by atoms with Gasteiger partial charge in [0.15, 0.2) is 0 Å². The van der Waals surface area contributed by atoms with Gasteiger partial charge in [-0.25, -0.2) is 5.01 Å². The van der Waals surface area contributed by atoms with Gasteiger partial charge in [-0.05, 0) is 67.7 Å². The Morgan fingerprint density at radius 3 is 2.44 bits per heavy atom. The molecule has 2 heterocycles. The van der Waals surface area contributed by atoms with Crippen LogP contribution in [0.15, 0.2) is 54.1 Å². The summed E-state index contributed by atoms with van der Waals surface area (Å²) in [6.07, 6.45) is 0.538. The van der Waals surface area contributed by atoms with Crippen LogP contribution in [0, 0.1) is 0 Å². The summed E-state index contributed by atoms with van der Waals surface area (Å²) in [5.41, 5.74) is 5.56. The molecule has 2 aliphatic heterocycles. The minimum absolute atomic E-state index is 0.0466. The zero-order chi connectivity index (χ0) is 19.1. The maximum Gasteiger partial charge on any atom is 0.239 e. The number of amides is 1. The number of hydrazine groups is 1. The van der Waals surface area contributed by atoms with E-state index in [9.17, 15) is 4.79 Å². The molecule has 0 bridgehead atoms. The highest BCUT2D eigenvalue weighted by Gasteiger charge is 2.63. The molecular weight excluding hydrogens is 356 g/mol. The van der Waals surface area contributed by atoms with Crippen LogP contribution in [0.25, 0.3) is 5.57 Å². The van der Waals surface area contributed by atoms with Crippen LogP contribution in [-0.2, 0) is 4.79 Å². The molecule has 138 valence electrons. The lowest BCUT2D eigenvalue weighted by Crippen LogP contribution is -2.49. The highest BCUT2D eigenvalue weighted by Crippen LogP contribution is 2.61. The summed E-state index contributed by atoms with van der Waals surface area (Å²) in [7, 11) is 0. The average molecular weight is 379 g/mol. The van der Waals surface area contributed by atoms with Crippen molar-refractivity contribution in [3.63, 3.8) is 0 Å². The van der Waals surface area contributed by atoms with E-state index >= 15 is 0 Å². The summed E-state index contributed by atoms with van der Waals surface area (Å²) in [5.74, 6) is 0.197. The van der Waals surface area contributed by atoms with Crippen LogP contribution in [0.5, 0.6) is 0 Å². The predicted octanol–water partition coefficient (Wildman–Crippen LogP) is 5.22. The Kier molecular flexibility index (Phi) is 3.31. The molecule has 3 aliphatic rings. The van der Waals surface area contributed by atoms with E-state index in [0.29, 0.717) is 6.42 Å². The van der Waals surface area contributed by atoms with E-state index in [1.54, 1.807) is 0 Å². The lowest BCUT2D eigenvalue weighted by Gasteiger charge is -2.38. The van der Waals surface area contributed by atoms with Crippen LogP contribution in [-0.4, -0.2) is 27.0 Å². The first kappa shape index (κ1) is 17.0. The Morgan fingerprint density at radius 2 is 1.74 bits per heavy atom. The van der Waals surface area contributed by atoms with Gasteiger partial charge >= 0.3 is 0 Å². The number of rotatable bonds is 1. The van der Waals surface area contributed by atoms with Gasteiger partial charge in [-0.3, -0.25) is 9.80 Å². The van der Waals surface area contributed by atoms with E-state index in [1.807, 2.05) is 17.1 Å². The molecule has 0 radical (unpaired) electrons. The highest BCUT2D eigenvalue weighted by molar-refractivity contribution is 6.30. The van der Waals surface area contributed by atoms with Crippen molar-refractivity contribution in [2.24, 2.45) is 0 Å². The monoisotopic (exact) mass is 378 g/mol. The topological polar surface area (TPSA) is 23.6 Å². The normalized spacial score (nSPS) is 25.0. The number of carbonyl (C=O) groups is 1. The fraction of sp³-hybridized carbons (Fsp3) is 0.348. The molecule has 0 N–H and O–H groups in total. The second kappa shape index (κ2) is 5.24. The molecule has 1 amide bonds. The van der Waals surface area contributed by atoms with E-state index in [-0.39, 0.29) is 23.0 Å². The molecule has 2 aromatic carbocycles. The Morgan fingerprint density at radius 1 is 1.04 bits per heavy atom. The quantitative estimate of drug-likeness (QED) is 0.679. The van der Waals surface area contributed by atoms with Gasteiger partial charge in [0.05, 0.1) is 11.6 Å². The van der Waals surface area contributed by atoms with Gasteiger partial charge < -0.3 is 0 Å². The van der Waals surface area contributed by atoms with E-state index in [2.05, 4.69) is 69.1 Å². The molecule has 4 heteroatoms. The van der Waals surface area contributed by atoms with Gasteiger partial charge in [-0.15, -0.1) is 0 Å². The summed E-state index contributed by atoms with van der Waals surface area (Å²) in [4.78, 5) is 13.0. The SMILES string of the molecule is CC1(C)CC(=O)N2N1C1C(=C(c3ccccc3)c3ccc(Cl)cc31)C2(C)C. The zero-order valence-corrected chi connectivity index (χ0v) is 16.8. The lowest BCUT2D eigenvalue weighted by atomic mass is 9.85. The summed E-state index contributed by atoms with van der Waals surface area (Å²) >= 11 is 6.40. The van der Waals surface area contributed by atoms with Crippen LogP contribution < -0.4 is 0 Å². The minimum atomic E-state index is -0.383. The van der Waals surface area contributed by atoms with Gasteiger partial charge in [-0.1, -0.05) is 48.0 Å². The number of nitrogens with zero attached hydrogens (tertiary/aromatic N) is 2. The molecular formula is C23H23ClN2O. The maximum atomic E-state index is 13.0. The van der Waals surface area contributed by atoms with Crippen LogP contribution in [0.4, 0.5) is 0 Å². The number of fused-ring (bicyclic) bond motifs is 5. The first-order valence-corrected chi connectivity index (χ1v) is 9.83. The molecule has 3 nitrogen and oxygen atoms in total. The van der Waals surface area contributed by atoms with E-state index in [0.717, 1.165) is 5.02 Å². The third kappa shape index (κ3) is 2.10. The molecule has 2 saturated heterocycles. The number of carbonyl (C=O) groups excluding carboxylic acids is 1. The van der Waals surface area contributed by atoms with Crippen LogP contribution in [0.3, 0.4) is 0 Å². The second-order valence-corrected chi connectivity index (χ2v) is 9.32. The molecule has 27 heavy (non-hydrogen) atoms. The van der Waals surface area contributed by atoms with Gasteiger partial charge in [0, 0.05) is 17.0 Å². The third-order valence-electron chi connectivity index (χ3n) is 6.27. The smallest absolute Gasteiger partial charge is 0.239 e. The van der Waals surface area contributed by atoms with Crippen LogP contribution in [0.1, 0.15) is 56.8 Å². The van der Waals surface area contributed by atoms with E-state index in [4.69, 9.17) is 11.6 Å². The number of halogens is 1. The fourth-order valence-electron chi connectivity index (χ4n) is 5.31. The van der Waals surface area contributed by atoms with Crippen molar-refractivity contribution in [2.75, 3.05) is 0 Å². The average Bonchev–Trinajstić information content (AvgIpc) is 3.15. The molecule has 0 spiro atoms.